The van der Waals surface area contributed by atoms with Crippen LogP contribution in [0.25, 0.3) is 6.08 Å². The summed E-state index contributed by atoms with van der Waals surface area (Å²) in [5.74, 6) is -0.812. The number of hydrogen-bond acceptors (Lipinski definition) is 5. The summed E-state index contributed by atoms with van der Waals surface area (Å²) in [5.41, 5.74) is 2.29. The number of nitrogens with zero attached hydrogens (tertiary/aromatic N) is 2. The third-order valence-corrected chi connectivity index (χ3v) is 5.74. The lowest BCUT2D eigenvalue weighted by Gasteiger charge is -2.27. The summed E-state index contributed by atoms with van der Waals surface area (Å²) < 4.78 is 5.15. The number of likely N-dealkylation sites (tertiary alicyclic amines) is 1. The summed E-state index contributed by atoms with van der Waals surface area (Å²) >= 11 is 0. The Balaban J connectivity index is 1.36. The first-order valence-corrected chi connectivity index (χ1v) is 11.2. The molecule has 0 aliphatic carbocycles. The number of rotatable bonds is 6. The predicted octanol–water partition coefficient (Wildman–Crippen LogP) is 2.22. The monoisotopic (exact) mass is 461 g/mol. The minimum Gasteiger partial charge on any atom is -0.391 e. The van der Waals surface area contributed by atoms with Gasteiger partial charge in [0, 0.05) is 37.0 Å². The molecule has 8 nitrogen and oxygen atoms in total. The largest absolute Gasteiger partial charge is 0.391 e. The average molecular weight is 462 g/mol. The first-order valence-electron chi connectivity index (χ1n) is 11.2. The molecular formula is C26H27N3O5. The third kappa shape index (κ3) is 5.78. The van der Waals surface area contributed by atoms with Gasteiger partial charge < -0.3 is 25.0 Å². The number of hydrogen-bond donors (Lipinski definition) is 2. The van der Waals surface area contributed by atoms with Gasteiger partial charge in [-0.05, 0) is 29.8 Å². The molecular weight excluding hydrogens is 434 g/mol. The van der Waals surface area contributed by atoms with E-state index in [1.165, 1.54) is 11.0 Å². The van der Waals surface area contributed by atoms with E-state index < -0.39 is 12.1 Å². The van der Waals surface area contributed by atoms with Crippen LogP contribution in [0.3, 0.4) is 0 Å². The number of aliphatic hydroxyl groups is 1. The molecule has 4 rings (SSSR count). The zero-order valence-corrected chi connectivity index (χ0v) is 18.7. The van der Waals surface area contributed by atoms with Crippen LogP contribution in [0.1, 0.15) is 12.0 Å². The fraction of sp³-hybridized carbons (Fsp3) is 0.269. The lowest BCUT2D eigenvalue weighted by Crippen LogP contribution is -2.42. The van der Waals surface area contributed by atoms with Crippen LogP contribution < -0.4 is 10.2 Å². The van der Waals surface area contributed by atoms with Gasteiger partial charge in [-0.3, -0.25) is 14.4 Å². The highest BCUT2D eigenvalue weighted by Crippen LogP contribution is 2.23. The number of β-amino-alcohol motifs (C(OH)–C–C–N with tert-alkyl or cyclic N) is 1. The second kappa shape index (κ2) is 10.9. The summed E-state index contributed by atoms with van der Waals surface area (Å²) in [6, 6.07) is 15.9. The molecule has 2 N–H and O–H groups in total. The maximum Gasteiger partial charge on any atom is 0.253 e. The zero-order chi connectivity index (χ0) is 23.9. The highest BCUT2D eigenvalue weighted by Gasteiger charge is 2.38. The number of aliphatic hydroxyl groups excluding tert-OH is 1. The second-order valence-electron chi connectivity index (χ2n) is 8.16. The van der Waals surface area contributed by atoms with Crippen molar-refractivity contribution < 1.29 is 24.2 Å². The molecule has 2 fully saturated rings. The van der Waals surface area contributed by atoms with Crippen LogP contribution >= 0.6 is 0 Å². The maximum atomic E-state index is 12.9. The van der Waals surface area contributed by atoms with Crippen LogP contribution in [-0.2, 0) is 19.1 Å². The van der Waals surface area contributed by atoms with Crippen LogP contribution in [0.5, 0.6) is 0 Å². The number of nitrogens with one attached hydrogen (secondary N) is 1. The molecule has 2 aliphatic rings. The Bertz CT molecular complexity index is 1080. The molecule has 0 radical (unpaired) electrons. The number of allylic oxidation sites excluding steroid dienone is 2. The van der Waals surface area contributed by atoms with Crippen molar-refractivity contribution in [2.24, 2.45) is 0 Å². The van der Waals surface area contributed by atoms with Crippen LogP contribution in [0.2, 0.25) is 0 Å². The Morgan fingerprint density at radius 1 is 1.06 bits per heavy atom. The first kappa shape index (κ1) is 23.4. The van der Waals surface area contributed by atoms with Crippen molar-refractivity contribution in [1.29, 1.82) is 0 Å². The predicted molar refractivity (Wildman–Crippen MR) is 129 cm³/mol. The van der Waals surface area contributed by atoms with Gasteiger partial charge in [-0.15, -0.1) is 0 Å². The van der Waals surface area contributed by atoms with Crippen molar-refractivity contribution in [3.63, 3.8) is 0 Å². The number of amides is 3. The van der Waals surface area contributed by atoms with Gasteiger partial charge in [-0.2, -0.15) is 0 Å². The maximum absolute atomic E-state index is 12.9. The van der Waals surface area contributed by atoms with Gasteiger partial charge in [0.25, 0.3) is 5.91 Å². The lowest BCUT2D eigenvalue weighted by molar-refractivity contribution is -0.132. The van der Waals surface area contributed by atoms with E-state index in [-0.39, 0.29) is 37.3 Å². The first-order chi connectivity index (χ1) is 16.5. The number of carbonyl (C=O) groups is 3. The molecule has 176 valence electrons. The molecule has 2 aromatic carbocycles. The number of carbonyl (C=O) groups excluding carboxylic acids is 3. The number of anilines is 2. The summed E-state index contributed by atoms with van der Waals surface area (Å²) in [7, 11) is 0. The molecule has 2 saturated heterocycles. The second-order valence-corrected chi connectivity index (χ2v) is 8.16. The Morgan fingerprint density at radius 3 is 2.56 bits per heavy atom. The molecule has 0 saturated carbocycles. The van der Waals surface area contributed by atoms with Crippen molar-refractivity contribution in [1.82, 2.24) is 4.90 Å². The molecule has 2 aromatic rings. The number of ether oxygens (including phenoxy) is 1. The van der Waals surface area contributed by atoms with Gasteiger partial charge in [0.05, 0.1) is 12.7 Å². The van der Waals surface area contributed by atoms with E-state index in [2.05, 4.69) is 5.32 Å². The Morgan fingerprint density at radius 2 is 1.82 bits per heavy atom. The van der Waals surface area contributed by atoms with Crippen molar-refractivity contribution in [2.45, 2.75) is 18.6 Å². The van der Waals surface area contributed by atoms with Crippen LogP contribution in [-0.4, -0.2) is 66.2 Å². The van der Waals surface area contributed by atoms with E-state index in [1.54, 1.807) is 41.3 Å². The van der Waals surface area contributed by atoms with Crippen molar-refractivity contribution >= 4 is 35.2 Å². The van der Waals surface area contributed by atoms with Crippen LogP contribution in [0, 0.1) is 0 Å². The normalized spacial score (nSPS) is 20.9. The Hall–Kier alpha value is -3.75. The molecule has 0 aromatic heterocycles. The number of benzene rings is 2. The minimum absolute atomic E-state index is 0.0584. The fourth-order valence-corrected chi connectivity index (χ4v) is 4.01. The molecule has 3 amide bonds. The highest BCUT2D eigenvalue weighted by molar-refractivity contribution is 6.00. The van der Waals surface area contributed by atoms with E-state index in [0.717, 1.165) is 11.3 Å². The van der Waals surface area contributed by atoms with Gasteiger partial charge in [-0.25, -0.2) is 0 Å². The SMILES string of the molecule is O=C(Nc1ccc(N2CCOCC2=O)cc1)[C@H]1C[C@@H](O)CN1C(=O)/C=C/C=C/c1ccccc1. The van der Waals surface area contributed by atoms with Crippen LogP contribution in [0.15, 0.2) is 72.8 Å². The van der Waals surface area contributed by atoms with Crippen molar-refractivity contribution in [3.05, 3.63) is 78.4 Å². The summed E-state index contributed by atoms with van der Waals surface area (Å²) in [5, 5.41) is 12.9. The fourth-order valence-electron chi connectivity index (χ4n) is 4.01. The smallest absolute Gasteiger partial charge is 0.253 e. The molecule has 2 heterocycles. The van der Waals surface area contributed by atoms with Gasteiger partial charge in [-0.1, -0.05) is 48.6 Å². The van der Waals surface area contributed by atoms with Crippen molar-refractivity contribution in [3.8, 4) is 0 Å². The molecule has 0 unspecified atom stereocenters. The number of morpholine rings is 1. The van der Waals surface area contributed by atoms with Gasteiger partial charge in [0.2, 0.25) is 11.8 Å². The summed E-state index contributed by atoms with van der Waals surface area (Å²) in [6.45, 7) is 1.12. The summed E-state index contributed by atoms with van der Waals surface area (Å²) in [6.07, 6.45) is 6.07. The zero-order valence-electron chi connectivity index (χ0n) is 18.7. The molecule has 2 aliphatic heterocycles. The average Bonchev–Trinajstić information content (AvgIpc) is 3.25. The van der Waals surface area contributed by atoms with Crippen molar-refractivity contribution in [2.75, 3.05) is 36.5 Å². The molecule has 2 atom stereocenters. The summed E-state index contributed by atoms with van der Waals surface area (Å²) in [4.78, 5) is 40.6. The Kier molecular flexibility index (Phi) is 7.51. The van der Waals surface area contributed by atoms with E-state index >= 15 is 0 Å². The topological polar surface area (TPSA) is 99.2 Å². The van der Waals surface area contributed by atoms with E-state index in [4.69, 9.17) is 4.74 Å². The van der Waals surface area contributed by atoms with E-state index in [0.29, 0.717) is 18.8 Å². The standard InChI is InChI=1S/C26H27N3O5/c30-22-16-23(29(17-22)24(31)9-5-4-8-19-6-2-1-3-7-19)26(33)27-20-10-12-21(13-11-20)28-14-15-34-18-25(28)32/h1-13,22-23,30H,14-18H2,(H,27,33)/b8-4+,9-5+/t22-,23-/m1/s1. The third-order valence-electron chi connectivity index (χ3n) is 5.74. The van der Waals surface area contributed by atoms with E-state index in [1.807, 2.05) is 36.4 Å². The Labute approximate surface area is 198 Å². The van der Waals surface area contributed by atoms with Gasteiger partial charge in [0.15, 0.2) is 0 Å². The minimum atomic E-state index is -0.772. The molecule has 0 spiro atoms. The molecule has 8 heteroatoms. The van der Waals surface area contributed by atoms with Crippen LogP contribution in [0.4, 0.5) is 11.4 Å². The molecule has 0 bridgehead atoms. The van der Waals surface area contributed by atoms with Gasteiger partial charge in [0.1, 0.15) is 12.6 Å². The quantitative estimate of drug-likeness (QED) is 0.508. The van der Waals surface area contributed by atoms with E-state index in [9.17, 15) is 19.5 Å². The lowest BCUT2D eigenvalue weighted by atomic mass is 10.1. The highest BCUT2D eigenvalue weighted by atomic mass is 16.5. The molecule has 34 heavy (non-hydrogen) atoms. The van der Waals surface area contributed by atoms with Gasteiger partial charge >= 0.3 is 0 Å².